The molecule has 1 atom stereocenters. The summed E-state index contributed by atoms with van der Waals surface area (Å²) in [6.07, 6.45) is 5.33. The average molecular weight is 580 g/mol. The minimum atomic E-state index is -0.773. The van der Waals surface area contributed by atoms with Crippen molar-refractivity contribution in [3.05, 3.63) is 64.7 Å². The second-order valence-corrected chi connectivity index (χ2v) is 11.3. The lowest BCUT2D eigenvalue weighted by Gasteiger charge is -2.35. The van der Waals surface area contributed by atoms with E-state index in [0.29, 0.717) is 37.2 Å². The van der Waals surface area contributed by atoms with Crippen molar-refractivity contribution >= 4 is 23.4 Å². The van der Waals surface area contributed by atoms with E-state index in [9.17, 15) is 9.59 Å². The first-order valence-electron chi connectivity index (χ1n) is 14.5. The molecule has 2 amide bonds. The van der Waals surface area contributed by atoms with E-state index in [-0.39, 0.29) is 24.4 Å². The summed E-state index contributed by atoms with van der Waals surface area (Å²) in [6.45, 7) is 5.80. The zero-order chi connectivity index (χ0) is 28.6. The van der Waals surface area contributed by atoms with Crippen molar-refractivity contribution in [2.24, 2.45) is 0 Å². The van der Waals surface area contributed by atoms with Crippen molar-refractivity contribution in [2.45, 2.75) is 57.7 Å². The summed E-state index contributed by atoms with van der Waals surface area (Å²) in [6, 6.07) is 14.3. The average Bonchev–Trinajstić information content (AvgIpc) is 3.45. The number of tetrazole rings is 1. The Balaban J connectivity index is 1.40. The van der Waals surface area contributed by atoms with Crippen molar-refractivity contribution in [1.29, 1.82) is 0 Å². The number of halogens is 1. The number of nitrogens with zero attached hydrogens (tertiary/aromatic N) is 6. The third-order valence-electron chi connectivity index (χ3n) is 7.82. The number of hydrogen-bond donors (Lipinski definition) is 1. The molecule has 1 aliphatic carbocycles. The molecule has 3 aromatic rings. The number of ether oxygens (including phenoxy) is 1. The molecule has 1 saturated heterocycles. The molecule has 0 bridgehead atoms. The van der Waals surface area contributed by atoms with Crippen LogP contribution in [0, 0.1) is 6.92 Å². The van der Waals surface area contributed by atoms with E-state index in [1.54, 1.807) is 17.0 Å². The van der Waals surface area contributed by atoms with E-state index < -0.39 is 6.04 Å². The molecule has 2 aromatic carbocycles. The van der Waals surface area contributed by atoms with E-state index >= 15 is 0 Å². The molecule has 0 spiro atoms. The first-order valence-corrected chi connectivity index (χ1v) is 14.8. The molecule has 11 heteroatoms. The molecule has 10 nitrogen and oxygen atoms in total. The molecule has 0 unspecified atom stereocenters. The molecule has 2 heterocycles. The number of rotatable bonds is 10. The lowest BCUT2D eigenvalue weighted by molar-refractivity contribution is -0.142. The molecular formula is C30H38ClN7O3. The highest BCUT2D eigenvalue weighted by atomic mass is 35.5. The molecule has 0 radical (unpaired) electrons. The van der Waals surface area contributed by atoms with E-state index in [1.165, 1.54) is 11.2 Å². The Hall–Kier alpha value is -3.34. The van der Waals surface area contributed by atoms with Crippen LogP contribution < -0.4 is 5.32 Å². The minimum absolute atomic E-state index is 0.124. The Morgan fingerprint density at radius 2 is 1.76 bits per heavy atom. The molecule has 1 aliphatic heterocycles. The Morgan fingerprint density at radius 3 is 2.46 bits per heavy atom. The largest absolute Gasteiger partial charge is 0.379 e. The summed E-state index contributed by atoms with van der Waals surface area (Å²) in [4.78, 5) is 33.2. The summed E-state index contributed by atoms with van der Waals surface area (Å²) in [5, 5.41) is 16.6. The van der Waals surface area contributed by atoms with Crippen molar-refractivity contribution in [2.75, 3.05) is 39.4 Å². The number of carbonyl (C=O) groups is 2. The van der Waals surface area contributed by atoms with Crippen molar-refractivity contribution in [3.8, 4) is 11.4 Å². The van der Waals surface area contributed by atoms with Gasteiger partial charge >= 0.3 is 0 Å². The highest BCUT2D eigenvalue weighted by Crippen LogP contribution is 2.25. The Morgan fingerprint density at radius 1 is 1.05 bits per heavy atom. The van der Waals surface area contributed by atoms with Crippen LogP contribution in [0.25, 0.3) is 11.4 Å². The lowest BCUT2D eigenvalue weighted by Crippen LogP contribution is -2.50. The number of benzene rings is 2. The van der Waals surface area contributed by atoms with Gasteiger partial charge in [-0.2, -0.15) is 4.80 Å². The fourth-order valence-corrected chi connectivity index (χ4v) is 5.58. The van der Waals surface area contributed by atoms with Gasteiger partial charge in [-0.3, -0.25) is 14.5 Å². The van der Waals surface area contributed by atoms with Gasteiger partial charge in [0, 0.05) is 42.8 Å². The molecule has 1 saturated carbocycles. The number of aryl methyl sites for hydroxylation is 1. The van der Waals surface area contributed by atoms with Gasteiger partial charge < -0.3 is 15.0 Å². The van der Waals surface area contributed by atoms with Gasteiger partial charge in [0.1, 0.15) is 12.6 Å². The lowest BCUT2D eigenvalue weighted by atomic mass is 9.94. The fraction of sp³-hybridized carbons (Fsp3) is 0.500. The van der Waals surface area contributed by atoms with Crippen LogP contribution in [0.5, 0.6) is 0 Å². The number of carbonyl (C=O) groups excluding carboxylic acids is 2. The molecule has 218 valence electrons. The second-order valence-electron chi connectivity index (χ2n) is 10.8. The van der Waals surface area contributed by atoms with E-state index in [2.05, 4.69) is 25.6 Å². The van der Waals surface area contributed by atoms with Crippen molar-refractivity contribution in [1.82, 2.24) is 35.3 Å². The van der Waals surface area contributed by atoms with Crippen molar-refractivity contribution in [3.63, 3.8) is 0 Å². The van der Waals surface area contributed by atoms with Gasteiger partial charge in [0.15, 0.2) is 0 Å². The van der Waals surface area contributed by atoms with Gasteiger partial charge in [-0.1, -0.05) is 60.7 Å². The zero-order valence-corrected chi connectivity index (χ0v) is 24.3. The van der Waals surface area contributed by atoms with Gasteiger partial charge in [-0.15, -0.1) is 10.2 Å². The zero-order valence-electron chi connectivity index (χ0n) is 23.5. The standard InChI is InChI=1S/C30H38ClN7O3/c1-22-7-9-23(10-8-22)28(30(40)32-26-5-3-2-4-6-26)37(16-15-36-17-19-41-20-18-36)27(39)21-38-34-29(33-35-38)24-11-13-25(31)14-12-24/h7-14,26,28H,2-6,15-21H2,1H3,(H,32,40)/t28-/m1/s1. The van der Waals surface area contributed by atoms with E-state index in [1.807, 2.05) is 43.3 Å². The maximum Gasteiger partial charge on any atom is 0.247 e. The smallest absolute Gasteiger partial charge is 0.247 e. The second kappa shape index (κ2) is 14.0. The SMILES string of the molecule is Cc1ccc([C@H](C(=O)NC2CCCCC2)N(CCN2CCOCC2)C(=O)Cn2nnc(-c3ccc(Cl)cc3)n2)cc1. The monoisotopic (exact) mass is 579 g/mol. The summed E-state index contributed by atoms with van der Waals surface area (Å²) < 4.78 is 5.51. The maximum absolute atomic E-state index is 14.0. The van der Waals surface area contributed by atoms with Gasteiger partial charge in [0.05, 0.1) is 13.2 Å². The van der Waals surface area contributed by atoms with Crippen LogP contribution in [0.15, 0.2) is 48.5 Å². The highest BCUT2D eigenvalue weighted by Gasteiger charge is 2.33. The summed E-state index contributed by atoms with van der Waals surface area (Å²) >= 11 is 6.01. The Kier molecular flexibility index (Phi) is 9.97. The van der Waals surface area contributed by atoms with E-state index in [0.717, 1.165) is 55.5 Å². The van der Waals surface area contributed by atoms with Crippen LogP contribution >= 0.6 is 11.6 Å². The Labute approximate surface area is 246 Å². The van der Waals surface area contributed by atoms with Crippen LogP contribution in [-0.4, -0.2) is 87.3 Å². The third-order valence-corrected chi connectivity index (χ3v) is 8.07. The topological polar surface area (TPSA) is 105 Å². The van der Waals surface area contributed by atoms with Crippen molar-refractivity contribution < 1.29 is 14.3 Å². The molecule has 2 fully saturated rings. The number of amides is 2. The number of nitrogens with one attached hydrogen (secondary N) is 1. The summed E-state index contributed by atoms with van der Waals surface area (Å²) in [7, 11) is 0. The summed E-state index contributed by atoms with van der Waals surface area (Å²) in [5.74, 6) is 0.00614. The quantitative estimate of drug-likeness (QED) is 0.391. The predicted octanol–water partition coefficient (Wildman–Crippen LogP) is 3.65. The van der Waals surface area contributed by atoms with Crippen LogP contribution in [-0.2, 0) is 20.9 Å². The maximum atomic E-state index is 14.0. The normalized spacial score (nSPS) is 17.2. The number of morpholine rings is 1. The van der Waals surface area contributed by atoms with Gasteiger partial charge in [0.2, 0.25) is 17.6 Å². The van der Waals surface area contributed by atoms with Gasteiger partial charge in [-0.25, -0.2) is 0 Å². The first kappa shape index (κ1) is 29.2. The minimum Gasteiger partial charge on any atom is -0.379 e. The number of hydrogen-bond acceptors (Lipinski definition) is 7. The number of aromatic nitrogens is 4. The van der Waals surface area contributed by atoms with Crippen LogP contribution in [0.4, 0.5) is 0 Å². The summed E-state index contributed by atoms with van der Waals surface area (Å²) in [5.41, 5.74) is 2.63. The van der Waals surface area contributed by atoms with Gasteiger partial charge in [-0.05, 0) is 54.8 Å². The molecule has 1 aromatic heterocycles. The van der Waals surface area contributed by atoms with E-state index in [4.69, 9.17) is 16.3 Å². The third kappa shape index (κ3) is 7.90. The molecule has 5 rings (SSSR count). The highest BCUT2D eigenvalue weighted by molar-refractivity contribution is 6.30. The molecular weight excluding hydrogens is 542 g/mol. The fourth-order valence-electron chi connectivity index (χ4n) is 5.46. The Bertz CT molecular complexity index is 1290. The molecule has 1 N–H and O–H groups in total. The van der Waals surface area contributed by atoms with Gasteiger partial charge in [0.25, 0.3) is 0 Å². The predicted molar refractivity (Wildman–Crippen MR) is 156 cm³/mol. The van der Waals surface area contributed by atoms with Crippen LogP contribution in [0.1, 0.15) is 49.3 Å². The molecule has 41 heavy (non-hydrogen) atoms. The molecule has 2 aliphatic rings. The van der Waals surface area contributed by atoms with Crippen LogP contribution in [0.2, 0.25) is 5.02 Å². The first-order chi connectivity index (χ1) is 20.0. The van der Waals surface area contributed by atoms with Crippen LogP contribution in [0.3, 0.4) is 0 Å².